The molecule has 0 aliphatic rings. The number of benzene rings is 1. The van der Waals surface area contributed by atoms with Crippen LogP contribution < -0.4 is 10.5 Å². The normalized spacial score (nSPS) is 13.6. The van der Waals surface area contributed by atoms with Crippen LogP contribution in [-0.4, -0.2) is 37.9 Å². The van der Waals surface area contributed by atoms with Crippen LogP contribution in [0.25, 0.3) is 0 Å². The van der Waals surface area contributed by atoms with Crippen LogP contribution in [0.5, 0.6) is 0 Å². The lowest BCUT2D eigenvalue weighted by Gasteiger charge is -2.12. The summed E-state index contributed by atoms with van der Waals surface area (Å²) in [6.07, 6.45) is -1.15. The number of halogens is 1. The predicted molar refractivity (Wildman–Crippen MR) is 68.9 cm³/mol. The highest BCUT2D eigenvalue weighted by Crippen LogP contribution is 2.25. The van der Waals surface area contributed by atoms with Gasteiger partial charge >= 0.3 is 0 Å². The molecule has 0 radical (unpaired) electrons. The summed E-state index contributed by atoms with van der Waals surface area (Å²) >= 11 is 5.77. The molecule has 6 nitrogen and oxygen atoms in total. The minimum atomic E-state index is -3.80. The Hall–Kier alpha value is -0.860. The summed E-state index contributed by atoms with van der Waals surface area (Å²) < 4.78 is 26.0. The number of sulfonamides is 1. The van der Waals surface area contributed by atoms with Crippen LogP contribution in [0.2, 0.25) is 5.02 Å². The van der Waals surface area contributed by atoms with Crippen molar-refractivity contribution in [3.05, 3.63) is 22.7 Å². The first-order valence-corrected chi connectivity index (χ1v) is 6.98. The molecular formula is C10H15ClN2O4S. The average molecular weight is 295 g/mol. The van der Waals surface area contributed by atoms with E-state index >= 15 is 0 Å². The third-order valence-corrected chi connectivity index (χ3v) is 4.20. The molecule has 0 bridgehead atoms. The van der Waals surface area contributed by atoms with E-state index in [2.05, 4.69) is 4.72 Å². The molecule has 1 aromatic carbocycles. The van der Waals surface area contributed by atoms with Crippen LogP contribution in [0.1, 0.15) is 5.56 Å². The van der Waals surface area contributed by atoms with Crippen LogP contribution in [-0.2, 0) is 10.0 Å². The van der Waals surface area contributed by atoms with E-state index in [9.17, 15) is 8.42 Å². The van der Waals surface area contributed by atoms with E-state index in [-0.39, 0.29) is 22.2 Å². The van der Waals surface area contributed by atoms with Crippen molar-refractivity contribution in [2.75, 3.05) is 18.9 Å². The highest BCUT2D eigenvalue weighted by Gasteiger charge is 2.19. The number of nitrogens with one attached hydrogen (secondary N) is 1. The molecule has 0 amide bonds. The molecule has 1 atom stereocenters. The second kappa shape index (κ2) is 5.85. The zero-order valence-electron chi connectivity index (χ0n) is 9.72. The summed E-state index contributed by atoms with van der Waals surface area (Å²) in [7, 11) is -3.80. The maximum atomic E-state index is 11.9. The summed E-state index contributed by atoms with van der Waals surface area (Å²) in [6, 6.07) is 2.71. The van der Waals surface area contributed by atoms with Gasteiger partial charge in [0.2, 0.25) is 10.0 Å². The molecule has 0 heterocycles. The van der Waals surface area contributed by atoms with Crippen molar-refractivity contribution in [2.24, 2.45) is 0 Å². The maximum absolute atomic E-state index is 11.9. The first-order valence-electron chi connectivity index (χ1n) is 5.12. The molecule has 0 saturated heterocycles. The second-order valence-electron chi connectivity index (χ2n) is 3.83. The SMILES string of the molecule is Cc1cc(Cl)c(N)cc1S(=O)(=O)NCC(O)CO. The molecule has 0 spiro atoms. The van der Waals surface area contributed by atoms with Gasteiger partial charge in [-0.25, -0.2) is 13.1 Å². The van der Waals surface area contributed by atoms with Crippen molar-refractivity contribution in [3.8, 4) is 0 Å². The Balaban J connectivity index is 3.02. The number of aryl methyl sites for hydroxylation is 1. The summed E-state index contributed by atoms with van der Waals surface area (Å²) in [6.45, 7) is 0.785. The molecule has 1 rings (SSSR count). The molecule has 5 N–H and O–H groups in total. The number of hydrogen-bond acceptors (Lipinski definition) is 5. The molecule has 0 fully saturated rings. The first-order chi connectivity index (χ1) is 8.27. The van der Waals surface area contributed by atoms with E-state index in [1.165, 1.54) is 12.1 Å². The van der Waals surface area contributed by atoms with Crippen LogP contribution in [0.4, 0.5) is 5.69 Å². The van der Waals surface area contributed by atoms with Gasteiger partial charge in [-0.2, -0.15) is 0 Å². The van der Waals surface area contributed by atoms with E-state index in [4.69, 9.17) is 27.5 Å². The number of nitrogen functional groups attached to an aromatic ring is 1. The zero-order chi connectivity index (χ0) is 13.9. The molecular weight excluding hydrogens is 280 g/mol. The number of aliphatic hydroxyl groups is 2. The summed E-state index contributed by atoms with van der Waals surface area (Å²) in [4.78, 5) is -0.00506. The second-order valence-corrected chi connectivity index (χ2v) is 5.97. The van der Waals surface area contributed by atoms with E-state index in [1.54, 1.807) is 6.92 Å². The Morgan fingerprint density at radius 2 is 2.11 bits per heavy atom. The highest BCUT2D eigenvalue weighted by molar-refractivity contribution is 7.89. The standard InChI is InChI=1S/C10H15ClN2O4S/c1-6-2-8(11)9(12)3-10(6)18(16,17)13-4-7(15)5-14/h2-3,7,13-15H,4-5,12H2,1H3. The monoisotopic (exact) mass is 294 g/mol. The predicted octanol–water partition coefficient (Wildman–Crippen LogP) is -0.138. The Labute approximate surface area is 110 Å². The van der Waals surface area contributed by atoms with Crippen molar-refractivity contribution in [1.29, 1.82) is 0 Å². The minimum Gasteiger partial charge on any atom is -0.397 e. The summed E-state index contributed by atoms with van der Waals surface area (Å²) in [5.41, 5.74) is 6.16. The van der Waals surface area contributed by atoms with Crippen LogP contribution in [0, 0.1) is 6.92 Å². The van der Waals surface area contributed by atoms with Gasteiger partial charge in [0, 0.05) is 6.54 Å². The summed E-state index contributed by atoms with van der Waals surface area (Å²) in [5.74, 6) is 0. The number of rotatable bonds is 5. The molecule has 0 saturated carbocycles. The number of anilines is 1. The van der Waals surface area contributed by atoms with Crippen molar-refractivity contribution in [3.63, 3.8) is 0 Å². The lowest BCUT2D eigenvalue weighted by molar-refractivity contribution is 0.0988. The number of hydrogen-bond donors (Lipinski definition) is 4. The van der Waals surface area contributed by atoms with Gasteiger partial charge < -0.3 is 15.9 Å². The molecule has 0 aromatic heterocycles. The Morgan fingerprint density at radius 3 is 2.67 bits per heavy atom. The largest absolute Gasteiger partial charge is 0.397 e. The molecule has 0 aliphatic heterocycles. The van der Waals surface area contributed by atoms with Gasteiger partial charge in [-0.1, -0.05) is 11.6 Å². The molecule has 18 heavy (non-hydrogen) atoms. The minimum absolute atomic E-state index is 0.00506. The maximum Gasteiger partial charge on any atom is 0.240 e. The fourth-order valence-electron chi connectivity index (χ4n) is 1.31. The molecule has 1 unspecified atom stereocenters. The quantitative estimate of drug-likeness (QED) is 0.565. The topological polar surface area (TPSA) is 113 Å². The van der Waals surface area contributed by atoms with Gasteiger partial charge in [0.05, 0.1) is 28.3 Å². The van der Waals surface area contributed by atoms with Crippen molar-refractivity contribution in [1.82, 2.24) is 4.72 Å². The Bertz CT molecular complexity index is 533. The molecule has 8 heteroatoms. The van der Waals surface area contributed by atoms with E-state index in [0.29, 0.717) is 5.56 Å². The lowest BCUT2D eigenvalue weighted by atomic mass is 10.2. The van der Waals surface area contributed by atoms with Crippen molar-refractivity contribution in [2.45, 2.75) is 17.9 Å². The fraction of sp³-hybridized carbons (Fsp3) is 0.400. The first kappa shape index (κ1) is 15.2. The molecule has 0 aliphatic carbocycles. The van der Waals surface area contributed by atoms with Crippen LogP contribution >= 0.6 is 11.6 Å². The third-order valence-electron chi connectivity index (χ3n) is 2.30. The zero-order valence-corrected chi connectivity index (χ0v) is 11.3. The highest BCUT2D eigenvalue weighted by atomic mass is 35.5. The molecule has 102 valence electrons. The fourth-order valence-corrected chi connectivity index (χ4v) is 2.86. The van der Waals surface area contributed by atoms with Gasteiger partial charge in [-0.3, -0.25) is 0 Å². The van der Waals surface area contributed by atoms with Crippen LogP contribution in [0.3, 0.4) is 0 Å². The Morgan fingerprint density at radius 1 is 1.50 bits per heavy atom. The van der Waals surface area contributed by atoms with Crippen LogP contribution in [0.15, 0.2) is 17.0 Å². The number of aliphatic hydroxyl groups excluding tert-OH is 2. The smallest absolute Gasteiger partial charge is 0.240 e. The summed E-state index contributed by atoms with van der Waals surface area (Å²) in [5, 5.41) is 18.0. The van der Waals surface area contributed by atoms with E-state index in [1.807, 2.05) is 0 Å². The van der Waals surface area contributed by atoms with E-state index in [0.717, 1.165) is 0 Å². The molecule has 1 aromatic rings. The third kappa shape index (κ3) is 3.56. The Kier molecular flexibility index (Phi) is 4.94. The number of nitrogens with two attached hydrogens (primary N) is 1. The van der Waals surface area contributed by atoms with Gasteiger partial charge in [0.25, 0.3) is 0 Å². The van der Waals surface area contributed by atoms with Crippen molar-refractivity contribution < 1.29 is 18.6 Å². The lowest BCUT2D eigenvalue weighted by Crippen LogP contribution is -2.34. The van der Waals surface area contributed by atoms with Gasteiger partial charge in [-0.05, 0) is 24.6 Å². The van der Waals surface area contributed by atoms with Gasteiger partial charge in [-0.15, -0.1) is 0 Å². The van der Waals surface area contributed by atoms with Gasteiger partial charge in [0.15, 0.2) is 0 Å². The van der Waals surface area contributed by atoms with Crippen molar-refractivity contribution >= 4 is 27.3 Å². The van der Waals surface area contributed by atoms with Gasteiger partial charge in [0.1, 0.15) is 0 Å². The average Bonchev–Trinajstić information content (AvgIpc) is 2.30. The van der Waals surface area contributed by atoms with E-state index < -0.39 is 22.7 Å².